The van der Waals surface area contributed by atoms with Crippen molar-refractivity contribution in [3.63, 3.8) is 0 Å². The van der Waals surface area contributed by atoms with Crippen molar-refractivity contribution in [1.82, 2.24) is 10.5 Å². The number of aromatic nitrogens is 1. The highest BCUT2D eigenvalue weighted by atomic mass is 35.5. The third-order valence-electron chi connectivity index (χ3n) is 4.91. The average Bonchev–Trinajstić information content (AvgIpc) is 3.50. The molecule has 32 heavy (non-hydrogen) atoms. The van der Waals surface area contributed by atoms with Crippen LogP contribution in [0.5, 0.6) is 5.75 Å². The summed E-state index contributed by atoms with van der Waals surface area (Å²) in [5.41, 5.74) is 1.33. The first kappa shape index (κ1) is 21.9. The number of hydrogen-bond donors (Lipinski definition) is 2. The fourth-order valence-corrected chi connectivity index (χ4v) is 3.31. The first-order valence-electron chi connectivity index (χ1n) is 10.2. The summed E-state index contributed by atoms with van der Waals surface area (Å²) in [6, 6.07) is 15.1. The third-order valence-corrected chi connectivity index (χ3v) is 5.16. The highest BCUT2D eigenvalue weighted by molar-refractivity contribution is 6.30. The van der Waals surface area contributed by atoms with Crippen LogP contribution in [0, 0.1) is 0 Å². The van der Waals surface area contributed by atoms with Crippen molar-refractivity contribution in [3.8, 4) is 5.75 Å². The van der Waals surface area contributed by atoms with Crippen molar-refractivity contribution >= 4 is 29.1 Å². The molecule has 0 spiro atoms. The van der Waals surface area contributed by atoms with Crippen molar-refractivity contribution in [3.05, 3.63) is 76.6 Å². The molecule has 0 saturated carbocycles. The second-order valence-electron chi connectivity index (χ2n) is 7.30. The number of nitrogens with zero attached hydrogens (tertiary/aromatic N) is 1. The first-order chi connectivity index (χ1) is 15.6. The fraction of sp³-hybridized carbons (Fsp3) is 0.261. The minimum atomic E-state index is -0.309. The standard InChI is InChI=1S/C23H22ClN3O5/c24-16-5-3-15(4-6-16)22(28)26-17-7-9-18(10-8-17)31-14-20-12-21(27-32-20)23(29)25-13-19-2-1-11-30-19/h3-10,12,19H,1-2,11,13-14H2,(H,25,29)(H,26,28)/t19-/m1/s1. The van der Waals surface area contributed by atoms with Crippen LogP contribution in [-0.4, -0.2) is 36.2 Å². The van der Waals surface area contributed by atoms with E-state index in [1.165, 1.54) is 0 Å². The lowest BCUT2D eigenvalue weighted by atomic mass is 10.2. The van der Waals surface area contributed by atoms with Gasteiger partial charge in [0.25, 0.3) is 11.8 Å². The molecule has 1 aliphatic heterocycles. The zero-order valence-corrected chi connectivity index (χ0v) is 17.9. The zero-order valence-electron chi connectivity index (χ0n) is 17.2. The van der Waals surface area contributed by atoms with E-state index in [0.29, 0.717) is 34.3 Å². The number of hydrogen-bond acceptors (Lipinski definition) is 6. The Morgan fingerprint density at radius 1 is 1.09 bits per heavy atom. The Morgan fingerprint density at radius 3 is 2.59 bits per heavy atom. The maximum Gasteiger partial charge on any atom is 0.273 e. The summed E-state index contributed by atoms with van der Waals surface area (Å²) >= 11 is 5.84. The first-order valence-corrected chi connectivity index (χ1v) is 10.6. The molecule has 1 atom stereocenters. The van der Waals surface area contributed by atoms with E-state index in [4.69, 9.17) is 25.6 Å². The van der Waals surface area contributed by atoms with E-state index in [2.05, 4.69) is 15.8 Å². The molecule has 2 N–H and O–H groups in total. The van der Waals surface area contributed by atoms with E-state index in [-0.39, 0.29) is 30.2 Å². The molecule has 2 heterocycles. The van der Waals surface area contributed by atoms with Gasteiger partial charge in [0, 0.05) is 35.5 Å². The number of carbonyl (C=O) groups excluding carboxylic acids is 2. The molecule has 1 aliphatic rings. The second-order valence-corrected chi connectivity index (χ2v) is 7.73. The number of rotatable bonds is 8. The largest absolute Gasteiger partial charge is 0.486 e. The van der Waals surface area contributed by atoms with Gasteiger partial charge < -0.3 is 24.6 Å². The highest BCUT2D eigenvalue weighted by Gasteiger charge is 2.18. The number of benzene rings is 2. The number of ether oxygens (including phenoxy) is 2. The molecule has 0 aliphatic carbocycles. The summed E-state index contributed by atoms with van der Waals surface area (Å²) in [5, 5.41) is 9.96. The topological polar surface area (TPSA) is 103 Å². The average molecular weight is 456 g/mol. The van der Waals surface area contributed by atoms with E-state index in [1.54, 1.807) is 54.6 Å². The molecule has 0 bridgehead atoms. The Morgan fingerprint density at radius 2 is 1.88 bits per heavy atom. The molecule has 2 aromatic carbocycles. The number of amides is 2. The van der Waals surface area contributed by atoms with E-state index < -0.39 is 0 Å². The molecule has 9 heteroatoms. The van der Waals surface area contributed by atoms with Crippen LogP contribution in [0.4, 0.5) is 5.69 Å². The molecule has 4 rings (SSSR count). The van der Waals surface area contributed by atoms with Crippen molar-refractivity contribution < 1.29 is 23.6 Å². The molecule has 1 aromatic heterocycles. The summed E-state index contributed by atoms with van der Waals surface area (Å²) in [4.78, 5) is 24.4. The Labute approximate surface area is 189 Å². The SMILES string of the molecule is O=C(Nc1ccc(OCc2cc(C(=O)NC[C@H]3CCCO3)no2)cc1)c1ccc(Cl)cc1. The summed E-state index contributed by atoms with van der Waals surface area (Å²) < 4.78 is 16.3. The van der Waals surface area contributed by atoms with Crippen LogP contribution in [-0.2, 0) is 11.3 Å². The Balaban J connectivity index is 1.25. The molecule has 2 amide bonds. The van der Waals surface area contributed by atoms with E-state index in [9.17, 15) is 9.59 Å². The minimum absolute atomic E-state index is 0.0626. The molecular formula is C23H22ClN3O5. The van der Waals surface area contributed by atoms with Crippen LogP contribution in [0.3, 0.4) is 0 Å². The van der Waals surface area contributed by atoms with Crippen LogP contribution in [0.15, 0.2) is 59.1 Å². The van der Waals surface area contributed by atoms with Gasteiger partial charge in [-0.25, -0.2) is 0 Å². The Kier molecular flexibility index (Phi) is 7.03. The maximum atomic E-state index is 12.3. The lowest BCUT2D eigenvalue weighted by molar-refractivity contribution is 0.0850. The lowest BCUT2D eigenvalue weighted by Gasteiger charge is -2.09. The molecular weight excluding hydrogens is 434 g/mol. The smallest absolute Gasteiger partial charge is 0.273 e. The van der Waals surface area contributed by atoms with Gasteiger partial charge in [0.15, 0.2) is 11.5 Å². The van der Waals surface area contributed by atoms with E-state index in [1.807, 2.05) is 0 Å². The van der Waals surface area contributed by atoms with Crippen LogP contribution >= 0.6 is 11.6 Å². The van der Waals surface area contributed by atoms with Crippen LogP contribution in [0.25, 0.3) is 0 Å². The molecule has 8 nitrogen and oxygen atoms in total. The van der Waals surface area contributed by atoms with Gasteiger partial charge in [-0.3, -0.25) is 9.59 Å². The van der Waals surface area contributed by atoms with Crippen molar-refractivity contribution in [2.75, 3.05) is 18.5 Å². The second kappa shape index (κ2) is 10.3. The highest BCUT2D eigenvalue weighted by Crippen LogP contribution is 2.19. The van der Waals surface area contributed by atoms with Gasteiger partial charge in [0.05, 0.1) is 6.10 Å². The van der Waals surface area contributed by atoms with E-state index in [0.717, 1.165) is 19.4 Å². The van der Waals surface area contributed by atoms with Crippen molar-refractivity contribution in [1.29, 1.82) is 0 Å². The predicted molar refractivity (Wildman–Crippen MR) is 118 cm³/mol. The zero-order chi connectivity index (χ0) is 22.3. The Bertz CT molecular complexity index is 1060. The normalized spacial score (nSPS) is 15.3. The van der Waals surface area contributed by atoms with Crippen LogP contribution in [0.2, 0.25) is 5.02 Å². The van der Waals surface area contributed by atoms with Gasteiger partial charge in [-0.15, -0.1) is 0 Å². The molecule has 0 radical (unpaired) electrons. The van der Waals surface area contributed by atoms with Crippen molar-refractivity contribution in [2.24, 2.45) is 0 Å². The summed E-state index contributed by atoms with van der Waals surface area (Å²) in [6.45, 7) is 1.31. The monoisotopic (exact) mass is 455 g/mol. The quantitative estimate of drug-likeness (QED) is 0.530. The Hall–Kier alpha value is -3.36. The fourth-order valence-electron chi connectivity index (χ4n) is 3.18. The van der Waals surface area contributed by atoms with Crippen LogP contribution < -0.4 is 15.4 Å². The van der Waals surface area contributed by atoms with Crippen LogP contribution in [0.1, 0.15) is 39.4 Å². The molecule has 0 unspecified atom stereocenters. The summed E-state index contributed by atoms with van der Waals surface area (Å²) in [7, 11) is 0. The molecule has 166 valence electrons. The number of halogens is 1. The number of carbonyl (C=O) groups is 2. The minimum Gasteiger partial charge on any atom is -0.486 e. The third kappa shape index (κ3) is 5.87. The van der Waals surface area contributed by atoms with Gasteiger partial charge in [-0.05, 0) is 61.4 Å². The maximum absolute atomic E-state index is 12.3. The van der Waals surface area contributed by atoms with Crippen molar-refractivity contribution in [2.45, 2.75) is 25.6 Å². The van der Waals surface area contributed by atoms with E-state index >= 15 is 0 Å². The van der Waals surface area contributed by atoms with Gasteiger partial charge in [0.2, 0.25) is 0 Å². The molecule has 1 fully saturated rings. The van der Waals surface area contributed by atoms with Gasteiger partial charge in [-0.1, -0.05) is 16.8 Å². The lowest BCUT2D eigenvalue weighted by Crippen LogP contribution is -2.31. The van der Waals surface area contributed by atoms with Gasteiger partial charge >= 0.3 is 0 Å². The summed E-state index contributed by atoms with van der Waals surface area (Å²) in [5.74, 6) is 0.459. The number of anilines is 1. The van der Waals surface area contributed by atoms with Gasteiger partial charge in [0.1, 0.15) is 12.4 Å². The predicted octanol–water partition coefficient (Wildman–Crippen LogP) is 4.07. The molecule has 1 saturated heterocycles. The van der Waals surface area contributed by atoms with Gasteiger partial charge in [-0.2, -0.15) is 0 Å². The molecule has 3 aromatic rings. The summed E-state index contributed by atoms with van der Waals surface area (Å²) in [6.07, 6.45) is 2.02. The number of nitrogens with one attached hydrogen (secondary N) is 2.